The number of hydrogen-bond donors (Lipinski definition) is 0. The zero-order valence-corrected chi connectivity index (χ0v) is 6.84. The summed E-state index contributed by atoms with van der Waals surface area (Å²) in [7, 11) is 0. The van der Waals surface area contributed by atoms with Gasteiger partial charge in [0.25, 0.3) is 0 Å². The maximum absolute atomic E-state index is 2.44. The van der Waals surface area contributed by atoms with Crippen molar-refractivity contribution < 1.29 is 0 Å². The van der Waals surface area contributed by atoms with E-state index in [-0.39, 0.29) is 0 Å². The summed E-state index contributed by atoms with van der Waals surface area (Å²) in [5, 5.41) is 0. The molecule has 0 aromatic heterocycles. The van der Waals surface area contributed by atoms with Gasteiger partial charge in [0.2, 0.25) is 0 Å². The summed E-state index contributed by atoms with van der Waals surface area (Å²) in [4.78, 5) is 0. The largest absolute Gasteiger partial charge is 0.0807 e. The quantitative estimate of drug-likeness (QED) is 0.461. The normalized spacial score (nSPS) is 40.0. The number of hydrogen-bond acceptors (Lipinski definition) is 0. The van der Waals surface area contributed by atoms with Gasteiger partial charge in [-0.25, -0.2) is 0 Å². The third-order valence-electron chi connectivity index (χ3n) is 3.53. The van der Waals surface area contributed by atoms with Crippen LogP contribution in [0.5, 0.6) is 0 Å². The number of allylic oxidation sites excluding steroid dienone is 4. The Balaban J connectivity index is 2.01. The highest BCUT2D eigenvalue weighted by Crippen LogP contribution is 2.48. The third-order valence-corrected chi connectivity index (χ3v) is 3.53. The molecule has 0 amide bonds. The SMILES string of the molecule is C1=CC2CCC1C2=C1CCC1. The van der Waals surface area contributed by atoms with Crippen LogP contribution in [0.1, 0.15) is 32.1 Å². The van der Waals surface area contributed by atoms with Crippen LogP contribution in [-0.4, -0.2) is 0 Å². The lowest BCUT2D eigenvalue weighted by Crippen LogP contribution is -2.05. The van der Waals surface area contributed by atoms with Crippen LogP contribution in [0.2, 0.25) is 0 Å². The van der Waals surface area contributed by atoms with Crippen molar-refractivity contribution in [2.75, 3.05) is 0 Å². The molecule has 0 radical (unpaired) electrons. The second-order valence-corrected chi connectivity index (χ2v) is 4.09. The lowest BCUT2D eigenvalue weighted by molar-refractivity contribution is 0.628. The van der Waals surface area contributed by atoms with Crippen molar-refractivity contribution >= 4 is 0 Å². The Hall–Kier alpha value is -0.520. The molecule has 3 aliphatic rings. The highest BCUT2D eigenvalue weighted by atomic mass is 14.4. The first kappa shape index (κ1) is 6.05. The van der Waals surface area contributed by atoms with Crippen molar-refractivity contribution in [1.29, 1.82) is 0 Å². The number of fused-ring (bicyclic) bond motifs is 2. The van der Waals surface area contributed by atoms with Gasteiger partial charge in [0.05, 0.1) is 0 Å². The van der Waals surface area contributed by atoms with Gasteiger partial charge in [-0.15, -0.1) is 0 Å². The highest BCUT2D eigenvalue weighted by molar-refractivity contribution is 5.37. The van der Waals surface area contributed by atoms with Gasteiger partial charge >= 0.3 is 0 Å². The maximum Gasteiger partial charge on any atom is -0.00142 e. The van der Waals surface area contributed by atoms with Crippen molar-refractivity contribution in [3.8, 4) is 0 Å². The van der Waals surface area contributed by atoms with E-state index in [1.54, 1.807) is 0 Å². The molecule has 0 aromatic rings. The van der Waals surface area contributed by atoms with Gasteiger partial charge in [-0.3, -0.25) is 0 Å². The summed E-state index contributed by atoms with van der Waals surface area (Å²) in [6.07, 6.45) is 12.1. The van der Waals surface area contributed by atoms with Crippen molar-refractivity contribution in [3.63, 3.8) is 0 Å². The third kappa shape index (κ3) is 0.702. The van der Waals surface area contributed by atoms with Gasteiger partial charge in [-0.2, -0.15) is 0 Å². The molecule has 0 N–H and O–H groups in total. The molecule has 0 saturated heterocycles. The van der Waals surface area contributed by atoms with E-state index in [9.17, 15) is 0 Å². The van der Waals surface area contributed by atoms with Crippen LogP contribution in [0.25, 0.3) is 0 Å². The predicted molar refractivity (Wildman–Crippen MR) is 46.2 cm³/mol. The lowest BCUT2D eigenvalue weighted by atomic mass is 9.84. The fraction of sp³-hybridized carbons (Fsp3) is 0.636. The Bertz CT molecular complexity index is 223. The lowest BCUT2D eigenvalue weighted by Gasteiger charge is -2.22. The monoisotopic (exact) mass is 146 g/mol. The summed E-state index contributed by atoms with van der Waals surface area (Å²) in [6, 6.07) is 0. The molecule has 0 aliphatic heterocycles. The minimum Gasteiger partial charge on any atom is -0.0807 e. The van der Waals surface area contributed by atoms with Crippen LogP contribution in [0, 0.1) is 11.8 Å². The standard InChI is InChI=1S/C11H14/c1-2-8(3-1)11-9-4-5-10(11)7-6-9/h4-5,9-10H,1-3,6-7H2. The first-order chi connectivity index (χ1) is 5.45. The van der Waals surface area contributed by atoms with E-state index in [2.05, 4.69) is 12.2 Å². The smallest absolute Gasteiger partial charge is 0.00142 e. The molecule has 0 nitrogen and oxygen atoms in total. The summed E-state index contributed by atoms with van der Waals surface area (Å²) in [6.45, 7) is 0. The Morgan fingerprint density at radius 1 is 1.00 bits per heavy atom. The molecule has 0 spiro atoms. The van der Waals surface area contributed by atoms with E-state index in [1.165, 1.54) is 32.1 Å². The molecule has 3 rings (SSSR count). The number of rotatable bonds is 0. The summed E-state index contributed by atoms with van der Waals surface area (Å²) in [5.74, 6) is 1.77. The van der Waals surface area contributed by atoms with Crippen LogP contribution >= 0.6 is 0 Å². The van der Waals surface area contributed by atoms with E-state index in [4.69, 9.17) is 0 Å². The van der Waals surface area contributed by atoms with E-state index in [0.717, 1.165) is 11.8 Å². The van der Waals surface area contributed by atoms with Crippen LogP contribution in [0.3, 0.4) is 0 Å². The molecule has 0 heterocycles. The molecule has 2 saturated carbocycles. The zero-order valence-electron chi connectivity index (χ0n) is 6.84. The maximum atomic E-state index is 2.44. The molecule has 11 heavy (non-hydrogen) atoms. The van der Waals surface area contributed by atoms with Crippen LogP contribution in [-0.2, 0) is 0 Å². The topological polar surface area (TPSA) is 0 Å². The fourth-order valence-electron chi connectivity index (χ4n) is 2.78. The van der Waals surface area contributed by atoms with Crippen molar-refractivity contribution in [2.45, 2.75) is 32.1 Å². The van der Waals surface area contributed by atoms with Gasteiger partial charge in [0.15, 0.2) is 0 Å². The van der Waals surface area contributed by atoms with Gasteiger partial charge in [0, 0.05) is 0 Å². The molecular formula is C11H14. The van der Waals surface area contributed by atoms with E-state index in [1.807, 2.05) is 11.1 Å². The first-order valence-electron chi connectivity index (χ1n) is 4.85. The minimum atomic E-state index is 0.885. The van der Waals surface area contributed by atoms with Gasteiger partial charge in [-0.05, 0) is 43.9 Å². The minimum absolute atomic E-state index is 0.885. The van der Waals surface area contributed by atoms with Crippen molar-refractivity contribution in [3.05, 3.63) is 23.3 Å². The van der Waals surface area contributed by atoms with Crippen LogP contribution in [0.4, 0.5) is 0 Å². The Morgan fingerprint density at radius 3 is 2.00 bits per heavy atom. The molecule has 3 aliphatic carbocycles. The zero-order chi connectivity index (χ0) is 7.26. The van der Waals surface area contributed by atoms with Crippen LogP contribution < -0.4 is 0 Å². The second kappa shape index (κ2) is 2.00. The average molecular weight is 146 g/mol. The predicted octanol–water partition coefficient (Wildman–Crippen LogP) is 3.06. The molecule has 2 unspecified atom stereocenters. The Kier molecular flexibility index (Phi) is 1.10. The van der Waals surface area contributed by atoms with Gasteiger partial charge in [-0.1, -0.05) is 23.3 Å². The summed E-state index contributed by atoms with van der Waals surface area (Å²) in [5.41, 5.74) is 3.67. The van der Waals surface area contributed by atoms with Crippen molar-refractivity contribution in [1.82, 2.24) is 0 Å². The van der Waals surface area contributed by atoms with E-state index in [0.29, 0.717) is 0 Å². The molecule has 58 valence electrons. The molecule has 0 aromatic carbocycles. The van der Waals surface area contributed by atoms with Crippen LogP contribution in [0.15, 0.2) is 23.3 Å². The van der Waals surface area contributed by atoms with Gasteiger partial charge < -0.3 is 0 Å². The van der Waals surface area contributed by atoms with Crippen molar-refractivity contribution in [2.24, 2.45) is 11.8 Å². The average Bonchev–Trinajstić information content (AvgIpc) is 2.46. The summed E-state index contributed by atoms with van der Waals surface area (Å²) >= 11 is 0. The molecule has 2 bridgehead atoms. The highest BCUT2D eigenvalue weighted by Gasteiger charge is 2.34. The Labute approximate surface area is 68.0 Å². The van der Waals surface area contributed by atoms with E-state index < -0.39 is 0 Å². The molecule has 2 fully saturated rings. The van der Waals surface area contributed by atoms with Gasteiger partial charge in [0.1, 0.15) is 0 Å². The first-order valence-corrected chi connectivity index (χ1v) is 4.85. The summed E-state index contributed by atoms with van der Waals surface area (Å²) < 4.78 is 0. The second-order valence-electron chi connectivity index (χ2n) is 4.09. The molecule has 2 atom stereocenters. The molecular weight excluding hydrogens is 132 g/mol. The molecule has 0 heteroatoms. The fourth-order valence-corrected chi connectivity index (χ4v) is 2.78. The Morgan fingerprint density at radius 2 is 1.64 bits per heavy atom. The van der Waals surface area contributed by atoms with E-state index >= 15 is 0 Å².